The fourth-order valence-corrected chi connectivity index (χ4v) is 2.89. The summed E-state index contributed by atoms with van der Waals surface area (Å²) in [6, 6.07) is 16.0. The van der Waals surface area contributed by atoms with Gasteiger partial charge in [0.2, 0.25) is 0 Å². The van der Waals surface area contributed by atoms with Crippen LogP contribution in [-0.2, 0) is 12.1 Å². The molecule has 3 aromatic rings. The highest BCUT2D eigenvalue weighted by Gasteiger charge is 2.22. The third kappa shape index (κ3) is 3.95. The van der Waals surface area contributed by atoms with Crippen LogP contribution in [0.25, 0.3) is 5.69 Å². The Morgan fingerprint density at radius 3 is 2.48 bits per heavy atom. The lowest BCUT2D eigenvalue weighted by Crippen LogP contribution is -2.35. The van der Waals surface area contributed by atoms with Crippen molar-refractivity contribution < 1.29 is 9.50 Å². The zero-order valence-electron chi connectivity index (χ0n) is 14.4. The van der Waals surface area contributed by atoms with Gasteiger partial charge in [0.25, 0.3) is 0 Å². The van der Waals surface area contributed by atoms with Crippen LogP contribution in [0, 0.1) is 12.7 Å². The van der Waals surface area contributed by atoms with Crippen molar-refractivity contribution in [3.8, 4) is 5.69 Å². The minimum atomic E-state index is -1.08. The predicted octanol–water partition coefficient (Wildman–Crippen LogP) is 3.32. The van der Waals surface area contributed by atoms with Crippen LogP contribution < -0.4 is 5.32 Å². The van der Waals surface area contributed by atoms with Crippen molar-refractivity contribution in [1.82, 2.24) is 14.9 Å². The van der Waals surface area contributed by atoms with Gasteiger partial charge in [0.15, 0.2) is 0 Å². The highest BCUT2D eigenvalue weighted by Crippen LogP contribution is 2.20. The summed E-state index contributed by atoms with van der Waals surface area (Å²) in [5.41, 5.74) is 1.66. The van der Waals surface area contributed by atoms with E-state index >= 15 is 0 Å². The lowest BCUT2D eigenvalue weighted by Gasteiger charge is -2.24. The number of rotatable bonds is 6. The zero-order chi connectivity index (χ0) is 17.9. The fourth-order valence-electron chi connectivity index (χ4n) is 2.89. The van der Waals surface area contributed by atoms with Gasteiger partial charge >= 0.3 is 0 Å². The average molecular weight is 339 g/mol. The average Bonchev–Trinajstić information content (AvgIpc) is 2.96. The maximum atomic E-state index is 13.0. The number of halogens is 1. The standard InChI is InChI=1S/C20H22FN3O/c1-15-23-13-19(24(15)18-6-4-3-5-7-18)12-22-14-20(2,25)16-8-10-17(21)11-9-16/h3-11,13,22,25H,12,14H2,1-2H3. The van der Waals surface area contributed by atoms with Gasteiger partial charge in [-0.2, -0.15) is 0 Å². The maximum Gasteiger partial charge on any atom is 0.123 e. The highest BCUT2D eigenvalue weighted by atomic mass is 19.1. The Balaban J connectivity index is 1.70. The second-order valence-electron chi connectivity index (χ2n) is 6.35. The van der Waals surface area contributed by atoms with Crippen molar-refractivity contribution in [3.63, 3.8) is 0 Å². The lowest BCUT2D eigenvalue weighted by atomic mass is 9.96. The Morgan fingerprint density at radius 1 is 1.12 bits per heavy atom. The quantitative estimate of drug-likeness (QED) is 0.724. The molecule has 0 saturated carbocycles. The molecule has 130 valence electrons. The topological polar surface area (TPSA) is 50.1 Å². The molecule has 3 rings (SSSR count). The minimum absolute atomic E-state index is 0.310. The van der Waals surface area contributed by atoms with Crippen LogP contribution in [0.3, 0.4) is 0 Å². The number of hydrogen-bond donors (Lipinski definition) is 2. The molecule has 1 unspecified atom stereocenters. The molecule has 0 saturated heterocycles. The lowest BCUT2D eigenvalue weighted by molar-refractivity contribution is 0.0565. The molecule has 1 heterocycles. The van der Waals surface area contributed by atoms with Gasteiger partial charge in [-0.1, -0.05) is 30.3 Å². The number of benzene rings is 2. The summed E-state index contributed by atoms with van der Waals surface area (Å²) in [7, 11) is 0. The summed E-state index contributed by atoms with van der Waals surface area (Å²) in [6.45, 7) is 4.59. The van der Waals surface area contributed by atoms with Crippen molar-refractivity contribution in [2.45, 2.75) is 26.0 Å². The number of nitrogens with one attached hydrogen (secondary N) is 1. The molecule has 2 N–H and O–H groups in total. The van der Waals surface area contributed by atoms with Crippen LogP contribution in [0.15, 0.2) is 60.8 Å². The predicted molar refractivity (Wildman–Crippen MR) is 96.0 cm³/mol. The van der Waals surface area contributed by atoms with E-state index in [0.717, 1.165) is 17.2 Å². The van der Waals surface area contributed by atoms with Crippen molar-refractivity contribution in [2.24, 2.45) is 0 Å². The van der Waals surface area contributed by atoms with Gasteiger partial charge < -0.3 is 10.4 Å². The number of hydrogen-bond acceptors (Lipinski definition) is 3. The Bertz CT molecular complexity index is 826. The SMILES string of the molecule is Cc1ncc(CNCC(C)(O)c2ccc(F)cc2)n1-c1ccccc1. The van der Waals surface area contributed by atoms with Gasteiger partial charge in [0.05, 0.1) is 17.5 Å². The first-order chi connectivity index (χ1) is 12.0. The maximum absolute atomic E-state index is 13.0. The molecule has 0 aliphatic carbocycles. The number of aryl methyl sites for hydroxylation is 1. The van der Waals surface area contributed by atoms with Crippen LogP contribution in [0.4, 0.5) is 4.39 Å². The summed E-state index contributed by atoms with van der Waals surface area (Å²) in [6.07, 6.45) is 1.84. The highest BCUT2D eigenvalue weighted by molar-refractivity contribution is 5.35. The second kappa shape index (κ2) is 7.17. The smallest absolute Gasteiger partial charge is 0.123 e. The third-order valence-corrected chi connectivity index (χ3v) is 4.27. The molecule has 1 atom stereocenters. The van der Waals surface area contributed by atoms with Gasteiger partial charge in [-0.3, -0.25) is 4.57 Å². The van der Waals surface area contributed by atoms with Gasteiger partial charge in [-0.05, 0) is 43.7 Å². The van der Waals surface area contributed by atoms with E-state index in [0.29, 0.717) is 18.7 Å². The van der Waals surface area contributed by atoms with E-state index < -0.39 is 5.60 Å². The zero-order valence-corrected chi connectivity index (χ0v) is 14.4. The number of aliphatic hydroxyl groups is 1. The van der Waals surface area contributed by atoms with Gasteiger partial charge in [-0.15, -0.1) is 0 Å². The Labute approximate surface area is 147 Å². The van der Waals surface area contributed by atoms with Gasteiger partial charge in [0, 0.05) is 18.8 Å². The van der Waals surface area contributed by atoms with Gasteiger partial charge in [0.1, 0.15) is 11.6 Å². The first-order valence-corrected chi connectivity index (χ1v) is 8.25. The molecule has 0 aliphatic rings. The van der Waals surface area contributed by atoms with E-state index in [1.165, 1.54) is 12.1 Å². The van der Waals surface area contributed by atoms with Crippen LogP contribution in [0.5, 0.6) is 0 Å². The van der Waals surface area contributed by atoms with Crippen LogP contribution in [0.2, 0.25) is 0 Å². The van der Waals surface area contributed by atoms with E-state index in [-0.39, 0.29) is 5.82 Å². The summed E-state index contributed by atoms with van der Waals surface area (Å²) >= 11 is 0. The fraction of sp³-hybridized carbons (Fsp3) is 0.250. The Hall–Kier alpha value is -2.50. The van der Waals surface area contributed by atoms with E-state index in [1.54, 1.807) is 19.1 Å². The Kier molecular flexibility index (Phi) is 4.97. The third-order valence-electron chi connectivity index (χ3n) is 4.27. The van der Waals surface area contributed by atoms with Crippen molar-refractivity contribution in [2.75, 3.05) is 6.54 Å². The van der Waals surface area contributed by atoms with E-state index in [2.05, 4.69) is 14.9 Å². The summed E-state index contributed by atoms with van der Waals surface area (Å²) in [5, 5.41) is 13.9. The number of para-hydroxylation sites is 1. The summed E-state index contributed by atoms with van der Waals surface area (Å²) in [4.78, 5) is 4.39. The first-order valence-electron chi connectivity index (χ1n) is 8.25. The van der Waals surface area contributed by atoms with Crippen LogP contribution in [0.1, 0.15) is 24.0 Å². The molecule has 2 aromatic carbocycles. The summed E-state index contributed by atoms with van der Waals surface area (Å²) in [5.74, 6) is 0.600. The van der Waals surface area contributed by atoms with Crippen LogP contribution >= 0.6 is 0 Å². The molecular formula is C20H22FN3O. The van der Waals surface area contributed by atoms with E-state index in [9.17, 15) is 9.50 Å². The molecule has 0 bridgehead atoms. The summed E-state index contributed by atoms with van der Waals surface area (Å²) < 4.78 is 15.1. The van der Waals surface area contributed by atoms with E-state index in [1.807, 2.05) is 43.5 Å². The van der Waals surface area contributed by atoms with Crippen LogP contribution in [-0.4, -0.2) is 21.2 Å². The molecule has 0 fully saturated rings. The second-order valence-corrected chi connectivity index (χ2v) is 6.35. The molecule has 0 aliphatic heterocycles. The molecule has 4 nitrogen and oxygen atoms in total. The first kappa shape index (κ1) is 17.3. The normalized spacial score (nSPS) is 13.6. The molecular weight excluding hydrogens is 317 g/mol. The molecule has 0 radical (unpaired) electrons. The Morgan fingerprint density at radius 2 is 1.80 bits per heavy atom. The van der Waals surface area contributed by atoms with E-state index in [4.69, 9.17) is 0 Å². The van der Waals surface area contributed by atoms with Crippen molar-refractivity contribution in [1.29, 1.82) is 0 Å². The monoisotopic (exact) mass is 339 g/mol. The van der Waals surface area contributed by atoms with Crippen molar-refractivity contribution in [3.05, 3.63) is 83.7 Å². The molecule has 0 spiro atoms. The molecule has 1 aromatic heterocycles. The molecule has 25 heavy (non-hydrogen) atoms. The number of nitrogens with zero attached hydrogens (tertiary/aromatic N) is 2. The van der Waals surface area contributed by atoms with Gasteiger partial charge in [-0.25, -0.2) is 9.37 Å². The largest absolute Gasteiger partial charge is 0.384 e. The minimum Gasteiger partial charge on any atom is -0.384 e. The molecule has 5 heteroatoms. The number of imidazole rings is 1. The van der Waals surface area contributed by atoms with Crippen molar-refractivity contribution >= 4 is 0 Å². The number of aromatic nitrogens is 2. The molecule has 0 amide bonds.